The zero-order valence-electron chi connectivity index (χ0n) is 11.6. The fourth-order valence-corrected chi connectivity index (χ4v) is 2.78. The number of ether oxygens (including phenoxy) is 1. The van der Waals surface area contributed by atoms with Gasteiger partial charge in [0.15, 0.2) is 0 Å². The first kappa shape index (κ1) is 14.4. The Kier molecular flexibility index (Phi) is 4.17. The van der Waals surface area contributed by atoms with Crippen molar-refractivity contribution in [3.63, 3.8) is 0 Å². The molecule has 1 aliphatic carbocycles. The summed E-state index contributed by atoms with van der Waals surface area (Å²) in [6.07, 6.45) is 0.904. The lowest BCUT2D eigenvalue weighted by molar-refractivity contribution is -0.122. The summed E-state index contributed by atoms with van der Waals surface area (Å²) < 4.78 is 32.6. The molecule has 0 radical (unpaired) electrons. The van der Waals surface area contributed by atoms with Gasteiger partial charge in [0.25, 0.3) is 0 Å². The lowest BCUT2D eigenvalue weighted by Crippen LogP contribution is -2.44. The van der Waals surface area contributed by atoms with E-state index in [4.69, 9.17) is 4.74 Å². The van der Waals surface area contributed by atoms with E-state index >= 15 is 0 Å². The molecule has 1 saturated carbocycles. The van der Waals surface area contributed by atoms with Crippen LogP contribution in [0.15, 0.2) is 18.2 Å². The van der Waals surface area contributed by atoms with E-state index in [0.717, 1.165) is 6.54 Å². The molecule has 114 valence electrons. The number of amides is 1. The molecule has 0 spiro atoms. The minimum Gasteiger partial charge on any atom is -0.378 e. The molecule has 6 heteroatoms. The Hall–Kier alpha value is -1.53. The van der Waals surface area contributed by atoms with E-state index in [0.29, 0.717) is 26.1 Å². The second-order valence-corrected chi connectivity index (χ2v) is 5.58. The zero-order chi connectivity index (χ0) is 14.8. The van der Waals surface area contributed by atoms with Crippen LogP contribution >= 0.6 is 0 Å². The number of benzene rings is 1. The van der Waals surface area contributed by atoms with Crippen LogP contribution < -0.4 is 10.6 Å². The quantitative estimate of drug-likeness (QED) is 0.881. The SMILES string of the molecule is O=C(CC1COCCN1)NC1CC1c1c(F)cccc1F. The monoisotopic (exact) mass is 296 g/mol. The highest BCUT2D eigenvalue weighted by Gasteiger charge is 2.42. The second-order valence-electron chi connectivity index (χ2n) is 5.58. The van der Waals surface area contributed by atoms with Crippen molar-refractivity contribution in [1.82, 2.24) is 10.6 Å². The molecular weight excluding hydrogens is 278 g/mol. The third-order valence-electron chi connectivity index (χ3n) is 3.94. The second kappa shape index (κ2) is 6.07. The van der Waals surface area contributed by atoms with E-state index in [9.17, 15) is 13.6 Å². The molecule has 3 atom stereocenters. The molecule has 2 N–H and O–H groups in total. The van der Waals surface area contributed by atoms with E-state index < -0.39 is 11.6 Å². The molecule has 1 aromatic carbocycles. The van der Waals surface area contributed by atoms with Crippen molar-refractivity contribution in [2.75, 3.05) is 19.8 Å². The van der Waals surface area contributed by atoms with Crippen LogP contribution in [0.5, 0.6) is 0 Å². The number of hydrogen-bond donors (Lipinski definition) is 2. The molecule has 1 heterocycles. The van der Waals surface area contributed by atoms with Gasteiger partial charge in [-0.1, -0.05) is 6.07 Å². The molecular formula is C15H18F2N2O2. The lowest BCUT2D eigenvalue weighted by Gasteiger charge is -2.23. The van der Waals surface area contributed by atoms with Gasteiger partial charge in [-0.15, -0.1) is 0 Å². The van der Waals surface area contributed by atoms with Crippen LogP contribution in [0.1, 0.15) is 24.3 Å². The number of nitrogens with one attached hydrogen (secondary N) is 2. The summed E-state index contributed by atoms with van der Waals surface area (Å²) in [4.78, 5) is 11.9. The molecule has 1 amide bonds. The Morgan fingerprint density at radius 3 is 2.81 bits per heavy atom. The molecule has 4 nitrogen and oxygen atoms in total. The van der Waals surface area contributed by atoms with Gasteiger partial charge in [0.05, 0.1) is 13.2 Å². The standard InChI is InChI=1S/C15H18F2N2O2/c16-11-2-1-3-12(17)15(11)10-7-13(10)19-14(20)6-9-8-21-5-4-18-9/h1-3,9-10,13,18H,4-8H2,(H,19,20). The average molecular weight is 296 g/mol. The number of halogens is 2. The van der Waals surface area contributed by atoms with Crippen LogP contribution in [0.25, 0.3) is 0 Å². The molecule has 2 fully saturated rings. The van der Waals surface area contributed by atoms with Crippen molar-refractivity contribution >= 4 is 5.91 Å². The first-order valence-electron chi connectivity index (χ1n) is 7.19. The molecule has 2 aliphatic rings. The third kappa shape index (κ3) is 3.39. The Labute approximate surface area is 121 Å². The number of morpholine rings is 1. The van der Waals surface area contributed by atoms with E-state index in [2.05, 4.69) is 10.6 Å². The highest BCUT2D eigenvalue weighted by molar-refractivity contribution is 5.77. The molecule has 1 aromatic rings. The minimum absolute atomic E-state index is 0.0150. The van der Waals surface area contributed by atoms with Gasteiger partial charge in [0.1, 0.15) is 11.6 Å². The smallest absolute Gasteiger partial charge is 0.221 e. The van der Waals surface area contributed by atoms with Crippen LogP contribution in [0, 0.1) is 11.6 Å². The molecule has 21 heavy (non-hydrogen) atoms. The number of rotatable bonds is 4. The highest BCUT2D eigenvalue weighted by Crippen LogP contribution is 2.43. The van der Waals surface area contributed by atoms with Crippen molar-refractivity contribution in [3.05, 3.63) is 35.4 Å². The summed E-state index contributed by atoms with van der Waals surface area (Å²) >= 11 is 0. The zero-order valence-corrected chi connectivity index (χ0v) is 11.6. The summed E-state index contributed by atoms with van der Waals surface area (Å²) in [5.74, 6) is -1.45. The first-order valence-corrected chi connectivity index (χ1v) is 7.19. The van der Waals surface area contributed by atoms with Gasteiger partial charge in [0, 0.05) is 36.5 Å². The van der Waals surface area contributed by atoms with Crippen molar-refractivity contribution in [3.8, 4) is 0 Å². The topological polar surface area (TPSA) is 50.4 Å². The maximum atomic E-state index is 13.6. The van der Waals surface area contributed by atoms with Gasteiger partial charge in [-0.2, -0.15) is 0 Å². The van der Waals surface area contributed by atoms with Gasteiger partial charge >= 0.3 is 0 Å². The molecule has 1 saturated heterocycles. The van der Waals surface area contributed by atoms with Crippen molar-refractivity contribution < 1.29 is 18.3 Å². The first-order chi connectivity index (χ1) is 10.1. The highest BCUT2D eigenvalue weighted by atomic mass is 19.1. The fourth-order valence-electron chi connectivity index (χ4n) is 2.78. The predicted octanol–water partition coefficient (Wildman–Crippen LogP) is 1.32. The molecule has 3 unspecified atom stereocenters. The molecule has 1 aliphatic heterocycles. The van der Waals surface area contributed by atoms with E-state index in [1.165, 1.54) is 18.2 Å². The van der Waals surface area contributed by atoms with E-state index in [1.807, 2.05) is 0 Å². The minimum atomic E-state index is -0.543. The third-order valence-corrected chi connectivity index (χ3v) is 3.94. The predicted molar refractivity (Wildman–Crippen MR) is 72.9 cm³/mol. The maximum Gasteiger partial charge on any atom is 0.221 e. The van der Waals surface area contributed by atoms with Gasteiger partial charge in [-0.25, -0.2) is 8.78 Å². The Morgan fingerprint density at radius 1 is 1.38 bits per heavy atom. The molecule has 0 bridgehead atoms. The van der Waals surface area contributed by atoms with E-state index in [1.54, 1.807) is 0 Å². The summed E-state index contributed by atoms with van der Waals surface area (Å²) in [6.45, 7) is 1.92. The van der Waals surface area contributed by atoms with E-state index in [-0.39, 0.29) is 29.5 Å². The average Bonchev–Trinajstić information content (AvgIpc) is 3.18. The van der Waals surface area contributed by atoms with Crippen molar-refractivity contribution in [2.45, 2.75) is 30.8 Å². The molecule has 3 rings (SSSR count). The van der Waals surface area contributed by atoms with Gasteiger partial charge < -0.3 is 15.4 Å². The summed E-state index contributed by atoms with van der Waals surface area (Å²) in [7, 11) is 0. The summed E-state index contributed by atoms with van der Waals surface area (Å²) in [5.41, 5.74) is 0.0851. The summed E-state index contributed by atoms with van der Waals surface area (Å²) in [5, 5.41) is 6.04. The van der Waals surface area contributed by atoms with Crippen LogP contribution in [-0.2, 0) is 9.53 Å². The largest absolute Gasteiger partial charge is 0.378 e. The Bertz CT molecular complexity index is 512. The Morgan fingerprint density at radius 2 is 2.14 bits per heavy atom. The molecule has 0 aromatic heterocycles. The van der Waals surface area contributed by atoms with Crippen LogP contribution in [-0.4, -0.2) is 37.7 Å². The van der Waals surface area contributed by atoms with Crippen LogP contribution in [0.3, 0.4) is 0 Å². The lowest BCUT2D eigenvalue weighted by atomic mass is 10.1. The van der Waals surface area contributed by atoms with Gasteiger partial charge in [-0.05, 0) is 18.6 Å². The maximum absolute atomic E-state index is 13.6. The van der Waals surface area contributed by atoms with Gasteiger partial charge in [0.2, 0.25) is 5.91 Å². The number of carbonyl (C=O) groups is 1. The number of hydrogen-bond acceptors (Lipinski definition) is 3. The van der Waals surface area contributed by atoms with Gasteiger partial charge in [-0.3, -0.25) is 4.79 Å². The van der Waals surface area contributed by atoms with Crippen LogP contribution in [0.4, 0.5) is 8.78 Å². The van der Waals surface area contributed by atoms with Crippen LogP contribution in [0.2, 0.25) is 0 Å². The summed E-state index contributed by atoms with van der Waals surface area (Å²) in [6, 6.07) is 3.69. The number of carbonyl (C=O) groups excluding carboxylic acids is 1. The van der Waals surface area contributed by atoms with Crippen molar-refractivity contribution in [2.24, 2.45) is 0 Å². The normalized spacial score (nSPS) is 28.2. The Balaban J connectivity index is 1.52. The fraction of sp³-hybridized carbons (Fsp3) is 0.533. The van der Waals surface area contributed by atoms with Crippen molar-refractivity contribution in [1.29, 1.82) is 0 Å².